The number of hydrogen-bond acceptors (Lipinski definition) is 5. The first-order valence-corrected chi connectivity index (χ1v) is 7.54. The minimum atomic E-state index is -0.247. The summed E-state index contributed by atoms with van der Waals surface area (Å²) in [6.07, 6.45) is 6.13. The molecule has 3 rings (SSSR count). The van der Waals surface area contributed by atoms with Crippen LogP contribution in [0.4, 0.5) is 0 Å². The van der Waals surface area contributed by atoms with Gasteiger partial charge in [-0.05, 0) is 25.8 Å². The predicted molar refractivity (Wildman–Crippen MR) is 75.9 cm³/mol. The van der Waals surface area contributed by atoms with Crippen molar-refractivity contribution in [3.8, 4) is 0 Å². The second kappa shape index (κ2) is 6.07. The zero-order chi connectivity index (χ0) is 14.7. The lowest BCUT2D eigenvalue weighted by atomic mass is 9.89. The Kier molecular flexibility index (Phi) is 4.17. The number of nitrogens with zero attached hydrogens (tertiary/aromatic N) is 3. The van der Waals surface area contributed by atoms with Crippen LogP contribution in [-0.4, -0.2) is 58.8 Å². The Balaban J connectivity index is 1.68. The van der Waals surface area contributed by atoms with Gasteiger partial charge in [-0.2, -0.15) is 0 Å². The maximum absolute atomic E-state index is 12.5. The van der Waals surface area contributed by atoms with Crippen LogP contribution in [0.5, 0.6) is 0 Å². The van der Waals surface area contributed by atoms with Crippen molar-refractivity contribution >= 4 is 5.91 Å². The summed E-state index contributed by atoms with van der Waals surface area (Å²) in [5.74, 6) is 0.145. The Labute approximate surface area is 124 Å². The summed E-state index contributed by atoms with van der Waals surface area (Å²) in [5.41, 5.74) is -0.247. The van der Waals surface area contributed by atoms with E-state index in [1.807, 2.05) is 11.8 Å². The third-order valence-electron chi connectivity index (χ3n) is 4.16. The van der Waals surface area contributed by atoms with Crippen LogP contribution in [0.15, 0.2) is 18.5 Å². The lowest BCUT2D eigenvalue weighted by Gasteiger charge is -2.39. The Morgan fingerprint density at radius 3 is 3.10 bits per heavy atom. The lowest BCUT2D eigenvalue weighted by molar-refractivity contribution is -0.0464. The quantitative estimate of drug-likeness (QED) is 0.839. The van der Waals surface area contributed by atoms with Gasteiger partial charge >= 0.3 is 0 Å². The second-order valence-corrected chi connectivity index (χ2v) is 5.68. The molecule has 114 valence electrons. The molecule has 0 bridgehead atoms. The SMILES string of the molecule is CCO[C@H]1CO[C@@]2(CCCN(C(=O)c3ncccn3)C2)C1. The standard InChI is InChI=1S/C15H21N3O3/c1-2-20-12-9-15(21-10-12)5-3-8-18(11-15)14(19)13-16-6-4-7-17-13/h4,6-7,12H,2-3,5,8-11H2,1H3/t12-,15+/m1/s1. The van der Waals surface area contributed by atoms with E-state index in [-0.39, 0.29) is 23.4 Å². The van der Waals surface area contributed by atoms with E-state index < -0.39 is 0 Å². The molecule has 2 aliphatic heterocycles. The van der Waals surface area contributed by atoms with E-state index in [9.17, 15) is 4.79 Å². The first kappa shape index (κ1) is 14.4. The van der Waals surface area contributed by atoms with Crippen LogP contribution in [0.3, 0.4) is 0 Å². The van der Waals surface area contributed by atoms with E-state index in [1.54, 1.807) is 18.5 Å². The summed E-state index contributed by atoms with van der Waals surface area (Å²) in [6.45, 7) is 4.66. The molecule has 2 aliphatic rings. The number of carbonyl (C=O) groups excluding carboxylic acids is 1. The monoisotopic (exact) mass is 291 g/mol. The third kappa shape index (κ3) is 3.06. The fourth-order valence-corrected chi connectivity index (χ4v) is 3.25. The molecule has 2 saturated heterocycles. The molecule has 6 nitrogen and oxygen atoms in total. The van der Waals surface area contributed by atoms with E-state index in [2.05, 4.69) is 9.97 Å². The third-order valence-corrected chi connectivity index (χ3v) is 4.16. The normalized spacial score (nSPS) is 29.0. The van der Waals surface area contributed by atoms with Gasteiger partial charge in [0, 0.05) is 32.0 Å². The van der Waals surface area contributed by atoms with E-state index in [0.717, 1.165) is 25.8 Å². The maximum Gasteiger partial charge on any atom is 0.291 e. The molecule has 2 fully saturated rings. The highest BCUT2D eigenvalue weighted by atomic mass is 16.6. The van der Waals surface area contributed by atoms with Gasteiger partial charge in [-0.15, -0.1) is 0 Å². The van der Waals surface area contributed by atoms with Gasteiger partial charge in [0.1, 0.15) is 0 Å². The van der Waals surface area contributed by atoms with Gasteiger partial charge in [0.15, 0.2) is 0 Å². The van der Waals surface area contributed by atoms with Crippen molar-refractivity contribution in [2.45, 2.75) is 37.9 Å². The molecule has 0 N–H and O–H groups in total. The fraction of sp³-hybridized carbons (Fsp3) is 0.667. The highest BCUT2D eigenvalue weighted by Crippen LogP contribution is 2.36. The Bertz CT molecular complexity index is 496. The first-order chi connectivity index (χ1) is 10.2. The molecular formula is C15H21N3O3. The largest absolute Gasteiger partial charge is 0.376 e. The molecule has 3 heterocycles. The summed E-state index contributed by atoms with van der Waals surface area (Å²) in [4.78, 5) is 22.4. The van der Waals surface area contributed by atoms with Crippen molar-refractivity contribution in [1.82, 2.24) is 14.9 Å². The Morgan fingerprint density at radius 1 is 1.52 bits per heavy atom. The summed E-state index contributed by atoms with van der Waals surface area (Å²) >= 11 is 0. The smallest absolute Gasteiger partial charge is 0.291 e. The molecule has 1 amide bonds. The van der Waals surface area contributed by atoms with Gasteiger partial charge in [0.2, 0.25) is 5.82 Å². The Morgan fingerprint density at radius 2 is 2.33 bits per heavy atom. The molecular weight excluding hydrogens is 270 g/mol. The maximum atomic E-state index is 12.5. The average Bonchev–Trinajstić information content (AvgIpc) is 2.90. The van der Waals surface area contributed by atoms with E-state index in [1.165, 1.54) is 0 Å². The summed E-state index contributed by atoms with van der Waals surface area (Å²) in [6, 6.07) is 1.71. The van der Waals surface area contributed by atoms with Crippen molar-refractivity contribution in [1.29, 1.82) is 0 Å². The molecule has 1 aromatic heterocycles. The number of rotatable bonds is 3. The molecule has 6 heteroatoms. The fourth-order valence-electron chi connectivity index (χ4n) is 3.25. The summed E-state index contributed by atoms with van der Waals surface area (Å²) in [5, 5.41) is 0. The number of hydrogen-bond donors (Lipinski definition) is 0. The number of piperidine rings is 1. The van der Waals surface area contributed by atoms with Crippen molar-refractivity contribution in [2.24, 2.45) is 0 Å². The van der Waals surface area contributed by atoms with Crippen LogP contribution >= 0.6 is 0 Å². The number of amides is 1. The molecule has 1 spiro atoms. The lowest BCUT2D eigenvalue weighted by Crippen LogP contribution is -2.50. The van der Waals surface area contributed by atoms with E-state index >= 15 is 0 Å². The number of aromatic nitrogens is 2. The van der Waals surface area contributed by atoms with Crippen LogP contribution in [0.2, 0.25) is 0 Å². The molecule has 21 heavy (non-hydrogen) atoms. The molecule has 0 aliphatic carbocycles. The number of ether oxygens (including phenoxy) is 2. The van der Waals surface area contributed by atoms with Crippen LogP contribution in [0.25, 0.3) is 0 Å². The first-order valence-electron chi connectivity index (χ1n) is 7.54. The highest BCUT2D eigenvalue weighted by Gasteiger charge is 2.45. The number of carbonyl (C=O) groups is 1. The zero-order valence-corrected chi connectivity index (χ0v) is 12.3. The van der Waals surface area contributed by atoms with Gasteiger partial charge in [0.05, 0.1) is 24.9 Å². The van der Waals surface area contributed by atoms with Crippen LogP contribution in [-0.2, 0) is 9.47 Å². The van der Waals surface area contributed by atoms with Crippen molar-refractivity contribution in [3.05, 3.63) is 24.3 Å². The van der Waals surface area contributed by atoms with Gasteiger partial charge in [-0.3, -0.25) is 4.79 Å². The summed E-state index contributed by atoms with van der Waals surface area (Å²) < 4.78 is 11.7. The zero-order valence-electron chi connectivity index (χ0n) is 12.3. The minimum Gasteiger partial charge on any atom is -0.376 e. The second-order valence-electron chi connectivity index (χ2n) is 5.68. The molecule has 0 saturated carbocycles. The van der Waals surface area contributed by atoms with Gasteiger partial charge in [-0.25, -0.2) is 9.97 Å². The van der Waals surface area contributed by atoms with E-state index in [0.29, 0.717) is 19.8 Å². The molecule has 0 unspecified atom stereocenters. The van der Waals surface area contributed by atoms with Gasteiger partial charge < -0.3 is 14.4 Å². The van der Waals surface area contributed by atoms with Crippen molar-refractivity contribution in [3.63, 3.8) is 0 Å². The van der Waals surface area contributed by atoms with Crippen molar-refractivity contribution < 1.29 is 14.3 Å². The van der Waals surface area contributed by atoms with Crippen molar-refractivity contribution in [2.75, 3.05) is 26.3 Å². The highest BCUT2D eigenvalue weighted by molar-refractivity contribution is 5.90. The van der Waals surface area contributed by atoms with Gasteiger partial charge in [0.25, 0.3) is 5.91 Å². The van der Waals surface area contributed by atoms with E-state index in [4.69, 9.17) is 9.47 Å². The molecule has 0 radical (unpaired) electrons. The van der Waals surface area contributed by atoms with Crippen LogP contribution < -0.4 is 0 Å². The van der Waals surface area contributed by atoms with Crippen LogP contribution in [0, 0.1) is 0 Å². The topological polar surface area (TPSA) is 64.6 Å². The number of likely N-dealkylation sites (tertiary alicyclic amines) is 1. The van der Waals surface area contributed by atoms with Crippen LogP contribution in [0.1, 0.15) is 36.8 Å². The molecule has 2 atom stereocenters. The molecule has 0 aromatic carbocycles. The predicted octanol–water partition coefficient (Wildman–Crippen LogP) is 1.28. The Hall–Kier alpha value is -1.53. The summed E-state index contributed by atoms with van der Waals surface area (Å²) in [7, 11) is 0. The average molecular weight is 291 g/mol. The minimum absolute atomic E-state index is 0.113. The molecule has 1 aromatic rings. The van der Waals surface area contributed by atoms with Gasteiger partial charge in [-0.1, -0.05) is 0 Å².